The molecule has 0 spiro atoms. The molecule has 1 amide bonds. The third-order valence-corrected chi connectivity index (χ3v) is 5.73. The van der Waals surface area contributed by atoms with E-state index in [-0.39, 0.29) is 12.5 Å². The van der Waals surface area contributed by atoms with Gasteiger partial charge < -0.3 is 14.6 Å². The lowest BCUT2D eigenvalue weighted by Gasteiger charge is -2.10. The molecular formula is C27H37N3O2. The van der Waals surface area contributed by atoms with Crippen LogP contribution < -0.4 is 10.1 Å². The van der Waals surface area contributed by atoms with E-state index < -0.39 is 0 Å². The molecule has 0 fully saturated rings. The number of carbonyl (C=O) groups is 1. The number of fused-ring (bicyclic) bond motifs is 1. The smallest absolute Gasteiger partial charge is 0.257 e. The average Bonchev–Trinajstić information content (AvgIpc) is 3.18. The van der Waals surface area contributed by atoms with Crippen LogP contribution in [-0.4, -0.2) is 28.6 Å². The number of unbranched alkanes of at least 4 members (excludes halogenated alkanes) is 6. The Hall–Kier alpha value is -2.82. The Balaban J connectivity index is 1.43. The number of hydrogen-bond donors (Lipinski definition) is 1. The third-order valence-electron chi connectivity index (χ3n) is 5.73. The van der Waals surface area contributed by atoms with Crippen LogP contribution in [0.4, 0.5) is 0 Å². The maximum atomic E-state index is 12.0. The Morgan fingerprint density at radius 1 is 0.906 bits per heavy atom. The van der Waals surface area contributed by atoms with Crippen molar-refractivity contribution in [2.75, 3.05) is 13.2 Å². The van der Waals surface area contributed by atoms with Crippen molar-refractivity contribution in [2.24, 2.45) is 0 Å². The van der Waals surface area contributed by atoms with E-state index in [0.29, 0.717) is 12.3 Å². The molecule has 3 rings (SSSR count). The zero-order valence-corrected chi connectivity index (χ0v) is 19.4. The van der Waals surface area contributed by atoms with Crippen LogP contribution in [-0.2, 0) is 17.8 Å². The summed E-state index contributed by atoms with van der Waals surface area (Å²) >= 11 is 0. The number of para-hydroxylation sites is 3. The molecule has 0 aliphatic heterocycles. The maximum Gasteiger partial charge on any atom is 0.257 e. The van der Waals surface area contributed by atoms with Crippen LogP contribution in [0.3, 0.4) is 0 Å². The van der Waals surface area contributed by atoms with Gasteiger partial charge in [-0.3, -0.25) is 4.79 Å². The quantitative estimate of drug-likeness (QED) is 0.302. The number of imidazole rings is 1. The molecule has 32 heavy (non-hydrogen) atoms. The van der Waals surface area contributed by atoms with Crippen LogP contribution in [0.25, 0.3) is 11.0 Å². The molecule has 0 aliphatic rings. The molecule has 1 N–H and O–H groups in total. The van der Waals surface area contributed by atoms with Crippen LogP contribution in [0, 0.1) is 0 Å². The maximum absolute atomic E-state index is 12.0. The largest absolute Gasteiger partial charge is 0.484 e. The van der Waals surface area contributed by atoms with Crippen LogP contribution in [0.5, 0.6) is 5.75 Å². The molecule has 0 atom stereocenters. The Kier molecular flexibility index (Phi) is 10.1. The minimum Gasteiger partial charge on any atom is -0.484 e. The second-order valence-corrected chi connectivity index (χ2v) is 8.34. The molecule has 0 bridgehead atoms. The van der Waals surface area contributed by atoms with E-state index >= 15 is 0 Å². The average molecular weight is 436 g/mol. The highest BCUT2D eigenvalue weighted by Gasteiger charge is 2.10. The summed E-state index contributed by atoms with van der Waals surface area (Å²) in [6.07, 6.45) is 10.8. The predicted octanol–water partition coefficient (Wildman–Crippen LogP) is 5.91. The summed E-state index contributed by atoms with van der Waals surface area (Å²) < 4.78 is 7.88. The van der Waals surface area contributed by atoms with Crippen molar-refractivity contribution in [1.29, 1.82) is 0 Å². The summed E-state index contributed by atoms with van der Waals surface area (Å²) in [4.78, 5) is 16.9. The number of carbonyl (C=O) groups excluding carboxylic acids is 1. The minimum atomic E-state index is -0.0922. The van der Waals surface area contributed by atoms with Crippen LogP contribution in [0.1, 0.15) is 64.1 Å². The first-order valence-electron chi connectivity index (χ1n) is 12.2. The summed E-state index contributed by atoms with van der Waals surface area (Å²) in [5.74, 6) is 1.74. The van der Waals surface area contributed by atoms with Gasteiger partial charge in [0.15, 0.2) is 6.61 Å². The first-order valence-corrected chi connectivity index (χ1v) is 12.2. The summed E-state index contributed by atoms with van der Waals surface area (Å²) in [5.41, 5.74) is 2.28. The van der Waals surface area contributed by atoms with Crippen molar-refractivity contribution in [1.82, 2.24) is 14.9 Å². The van der Waals surface area contributed by atoms with Crippen LogP contribution in [0.15, 0.2) is 54.6 Å². The van der Waals surface area contributed by atoms with Gasteiger partial charge in [-0.25, -0.2) is 4.98 Å². The Bertz CT molecular complexity index is 936. The van der Waals surface area contributed by atoms with Crippen molar-refractivity contribution in [3.8, 4) is 5.75 Å². The molecule has 0 unspecified atom stereocenters. The number of amides is 1. The fourth-order valence-corrected chi connectivity index (χ4v) is 3.98. The lowest BCUT2D eigenvalue weighted by molar-refractivity contribution is -0.123. The van der Waals surface area contributed by atoms with Crippen molar-refractivity contribution in [3.63, 3.8) is 0 Å². The van der Waals surface area contributed by atoms with Gasteiger partial charge in [-0.2, -0.15) is 0 Å². The van der Waals surface area contributed by atoms with E-state index in [2.05, 4.69) is 35.0 Å². The van der Waals surface area contributed by atoms with Gasteiger partial charge in [0.2, 0.25) is 0 Å². The molecule has 0 radical (unpaired) electrons. The van der Waals surface area contributed by atoms with E-state index in [0.717, 1.165) is 30.7 Å². The van der Waals surface area contributed by atoms with Gasteiger partial charge in [-0.1, -0.05) is 75.8 Å². The van der Waals surface area contributed by atoms with Crippen molar-refractivity contribution >= 4 is 16.9 Å². The molecule has 2 aromatic carbocycles. The minimum absolute atomic E-state index is 0.0424. The lowest BCUT2D eigenvalue weighted by atomic mass is 10.1. The fourth-order valence-electron chi connectivity index (χ4n) is 3.98. The second kappa shape index (κ2) is 13.6. The molecule has 5 heteroatoms. The number of nitrogens with one attached hydrogen (secondary N) is 1. The Morgan fingerprint density at radius 3 is 2.44 bits per heavy atom. The fraction of sp³-hybridized carbons (Fsp3) is 0.481. The molecule has 0 saturated heterocycles. The van der Waals surface area contributed by atoms with Gasteiger partial charge in [0, 0.05) is 19.5 Å². The summed E-state index contributed by atoms with van der Waals surface area (Å²) in [6.45, 7) is 3.94. The number of hydrogen-bond acceptors (Lipinski definition) is 3. The molecule has 3 aromatic rings. The lowest BCUT2D eigenvalue weighted by Crippen LogP contribution is -2.30. The number of rotatable bonds is 15. The standard InChI is InChI=1S/C27H37N3O2/c1-2-3-4-5-6-7-13-21-30-25-18-12-11-17-24(25)29-26(30)19-14-20-28-27(31)22-32-23-15-9-8-10-16-23/h8-12,15-18H,2-7,13-14,19-22H2,1H3,(H,28,31). The van der Waals surface area contributed by atoms with E-state index in [1.807, 2.05) is 36.4 Å². The molecule has 0 saturated carbocycles. The van der Waals surface area contributed by atoms with E-state index in [1.54, 1.807) is 0 Å². The van der Waals surface area contributed by atoms with Crippen LogP contribution in [0.2, 0.25) is 0 Å². The van der Waals surface area contributed by atoms with Gasteiger partial charge in [-0.05, 0) is 37.1 Å². The highest BCUT2D eigenvalue weighted by molar-refractivity contribution is 5.77. The molecule has 1 aromatic heterocycles. The van der Waals surface area contributed by atoms with Crippen molar-refractivity contribution < 1.29 is 9.53 Å². The first kappa shape index (κ1) is 23.8. The van der Waals surface area contributed by atoms with Crippen molar-refractivity contribution in [2.45, 2.75) is 71.3 Å². The third kappa shape index (κ3) is 7.70. The number of ether oxygens (including phenoxy) is 1. The van der Waals surface area contributed by atoms with Gasteiger partial charge in [0.1, 0.15) is 11.6 Å². The number of aromatic nitrogens is 2. The zero-order valence-electron chi connectivity index (χ0n) is 19.4. The summed E-state index contributed by atoms with van der Waals surface area (Å²) in [7, 11) is 0. The number of benzene rings is 2. The second-order valence-electron chi connectivity index (χ2n) is 8.34. The Labute approximate surface area is 192 Å². The molecular weight excluding hydrogens is 398 g/mol. The van der Waals surface area contributed by atoms with E-state index in [4.69, 9.17) is 9.72 Å². The monoisotopic (exact) mass is 435 g/mol. The molecule has 1 heterocycles. The number of nitrogens with zero attached hydrogens (tertiary/aromatic N) is 2. The van der Waals surface area contributed by atoms with Crippen LogP contribution >= 0.6 is 0 Å². The zero-order chi connectivity index (χ0) is 22.4. The Morgan fingerprint density at radius 2 is 1.62 bits per heavy atom. The topological polar surface area (TPSA) is 56.2 Å². The van der Waals surface area contributed by atoms with E-state index in [1.165, 1.54) is 50.5 Å². The van der Waals surface area contributed by atoms with Gasteiger partial charge in [0.05, 0.1) is 11.0 Å². The molecule has 5 nitrogen and oxygen atoms in total. The molecule has 0 aliphatic carbocycles. The van der Waals surface area contributed by atoms with Gasteiger partial charge in [-0.15, -0.1) is 0 Å². The molecule has 172 valence electrons. The predicted molar refractivity (Wildman–Crippen MR) is 131 cm³/mol. The van der Waals surface area contributed by atoms with Gasteiger partial charge in [0.25, 0.3) is 5.91 Å². The summed E-state index contributed by atoms with van der Waals surface area (Å²) in [5, 5.41) is 2.95. The highest BCUT2D eigenvalue weighted by atomic mass is 16.5. The van der Waals surface area contributed by atoms with E-state index in [9.17, 15) is 4.79 Å². The van der Waals surface area contributed by atoms with Gasteiger partial charge >= 0.3 is 0 Å². The summed E-state index contributed by atoms with van der Waals surface area (Å²) in [6, 6.07) is 17.8. The van der Waals surface area contributed by atoms with Crippen molar-refractivity contribution in [3.05, 3.63) is 60.4 Å². The highest BCUT2D eigenvalue weighted by Crippen LogP contribution is 2.19. The SMILES string of the molecule is CCCCCCCCCn1c(CCCNC(=O)COc2ccccc2)nc2ccccc21. The normalized spacial score (nSPS) is 11.0. The number of aryl methyl sites for hydroxylation is 2. The first-order chi connectivity index (χ1) is 15.8.